The Morgan fingerprint density at radius 1 is 1.61 bits per heavy atom. The van der Waals surface area contributed by atoms with Gasteiger partial charge < -0.3 is 10.6 Å². The molecule has 1 saturated heterocycles. The Kier molecular flexibility index (Phi) is 3.88. The normalized spacial score (nSPS) is 21.1. The van der Waals surface area contributed by atoms with E-state index in [9.17, 15) is 9.18 Å². The average molecular weight is 271 g/mol. The van der Waals surface area contributed by atoms with Crippen LogP contribution in [0.2, 0.25) is 5.02 Å². The van der Waals surface area contributed by atoms with Crippen molar-refractivity contribution < 1.29 is 9.18 Å². The second-order valence-electron chi connectivity index (χ2n) is 4.76. The van der Waals surface area contributed by atoms with Crippen LogP contribution in [0.3, 0.4) is 0 Å². The lowest BCUT2D eigenvalue weighted by Gasteiger charge is -2.19. The Morgan fingerprint density at radius 2 is 2.33 bits per heavy atom. The molecule has 2 unspecified atom stereocenters. The molecule has 1 heterocycles. The topological polar surface area (TPSA) is 46.3 Å². The van der Waals surface area contributed by atoms with Crippen LogP contribution in [0.5, 0.6) is 0 Å². The Balaban J connectivity index is 2.18. The van der Waals surface area contributed by atoms with Crippen LogP contribution in [0.25, 0.3) is 0 Å². The van der Waals surface area contributed by atoms with Gasteiger partial charge in [-0.3, -0.25) is 4.79 Å². The molecule has 0 spiro atoms. The highest BCUT2D eigenvalue weighted by Gasteiger charge is 2.30. The first-order valence-corrected chi connectivity index (χ1v) is 6.37. The minimum atomic E-state index is -0.572. The van der Waals surface area contributed by atoms with Crippen molar-refractivity contribution >= 4 is 17.5 Å². The lowest BCUT2D eigenvalue weighted by molar-refractivity contribution is 0.0781. The highest BCUT2D eigenvalue weighted by Crippen LogP contribution is 2.25. The highest BCUT2D eigenvalue weighted by molar-refractivity contribution is 6.33. The van der Waals surface area contributed by atoms with Gasteiger partial charge in [-0.15, -0.1) is 0 Å². The van der Waals surface area contributed by atoms with Crippen LogP contribution in [0, 0.1) is 11.7 Å². The number of hydrogen-bond acceptors (Lipinski definition) is 2. The summed E-state index contributed by atoms with van der Waals surface area (Å²) < 4.78 is 13.7. The monoisotopic (exact) mass is 270 g/mol. The number of rotatable bonds is 2. The molecule has 1 aliphatic heterocycles. The van der Waals surface area contributed by atoms with Crippen molar-refractivity contribution in [1.29, 1.82) is 0 Å². The maximum Gasteiger partial charge on any atom is 0.258 e. The van der Waals surface area contributed by atoms with E-state index < -0.39 is 5.82 Å². The third-order valence-electron chi connectivity index (χ3n) is 3.43. The summed E-state index contributed by atoms with van der Waals surface area (Å²) >= 11 is 5.89. The first-order chi connectivity index (χ1) is 8.50. The summed E-state index contributed by atoms with van der Waals surface area (Å²) in [7, 11) is 0. The number of halogens is 2. The molecule has 1 fully saturated rings. The number of likely N-dealkylation sites (tertiary alicyclic amines) is 1. The van der Waals surface area contributed by atoms with E-state index in [0.717, 1.165) is 6.42 Å². The third kappa shape index (κ3) is 2.49. The first kappa shape index (κ1) is 13.3. The second-order valence-corrected chi connectivity index (χ2v) is 5.16. The molecule has 0 bridgehead atoms. The van der Waals surface area contributed by atoms with Gasteiger partial charge in [0.1, 0.15) is 5.82 Å². The van der Waals surface area contributed by atoms with Gasteiger partial charge in [0.2, 0.25) is 0 Å². The van der Waals surface area contributed by atoms with Crippen molar-refractivity contribution in [2.24, 2.45) is 11.7 Å². The zero-order valence-electron chi connectivity index (χ0n) is 10.2. The number of nitrogens with zero attached hydrogens (tertiary/aromatic N) is 1. The van der Waals surface area contributed by atoms with Crippen LogP contribution < -0.4 is 5.73 Å². The molecular formula is C13H16ClFN2O. The van der Waals surface area contributed by atoms with Gasteiger partial charge in [-0.1, -0.05) is 17.7 Å². The summed E-state index contributed by atoms with van der Waals surface area (Å²) in [5.74, 6) is -0.641. The fourth-order valence-corrected chi connectivity index (χ4v) is 2.51. The van der Waals surface area contributed by atoms with Crippen molar-refractivity contribution in [1.82, 2.24) is 4.90 Å². The lowest BCUT2D eigenvalue weighted by atomic mass is 10.0. The molecule has 3 nitrogen and oxygen atoms in total. The van der Waals surface area contributed by atoms with Gasteiger partial charge in [-0.05, 0) is 31.4 Å². The number of hydrogen-bond donors (Lipinski definition) is 1. The molecule has 1 aromatic rings. The van der Waals surface area contributed by atoms with Crippen LogP contribution in [-0.4, -0.2) is 29.9 Å². The molecule has 0 aromatic heterocycles. The van der Waals surface area contributed by atoms with Gasteiger partial charge in [-0.2, -0.15) is 0 Å². The van der Waals surface area contributed by atoms with Crippen molar-refractivity contribution in [2.45, 2.75) is 19.4 Å². The van der Waals surface area contributed by atoms with Gasteiger partial charge >= 0.3 is 0 Å². The molecule has 0 aliphatic carbocycles. The summed E-state index contributed by atoms with van der Waals surface area (Å²) in [6.45, 7) is 3.10. The Morgan fingerprint density at radius 3 is 2.89 bits per heavy atom. The molecule has 1 amide bonds. The maximum absolute atomic E-state index is 13.7. The fourth-order valence-electron chi connectivity index (χ4n) is 2.26. The molecule has 2 N–H and O–H groups in total. The SMILES string of the molecule is CC(N)C1CCN(C(=O)c2c(F)cccc2Cl)C1. The highest BCUT2D eigenvalue weighted by atomic mass is 35.5. The summed E-state index contributed by atoms with van der Waals surface area (Å²) in [6, 6.07) is 4.30. The molecule has 0 radical (unpaired) electrons. The number of carbonyl (C=O) groups is 1. The van der Waals surface area contributed by atoms with Crippen LogP contribution in [-0.2, 0) is 0 Å². The largest absolute Gasteiger partial charge is 0.338 e. The lowest BCUT2D eigenvalue weighted by Crippen LogP contribution is -2.33. The van der Waals surface area contributed by atoms with E-state index in [-0.39, 0.29) is 28.5 Å². The Bertz CT molecular complexity index is 444. The van der Waals surface area contributed by atoms with E-state index >= 15 is 0 Å². The Labute approximate surface area is 111 Å². The van der Waals surface area contributed by atoms with Crippen molar-refractivity contribution in [3.05, 3.63) is 34.6 Å². The van der Waals surface area contributed by atoms with Gasteiger partial charge in [0.05, 0.1) is 10.6 Å². The standard InChI is InChI=1S/C13H16ClFN2O/c1-8(16)9-5-6-17(7-9)13(18)12-10(14)3-2-4-11(12)15/h2-4,8-9H,5-7,16H2,1H3. The quantitative estimate of drug-likeness (QED) is 0.896. The minimum absolute atomic E-state index is 0.0375. The molecule has 1 aliphatic rings. The van der Waals surface area contributed by atoms with E-state index in [0.29, 0.717) is 13.1 Å². The van der Waals surface area contributed by atoms with E-state index in [4.69, 9.17) is 17.3 Å². The van der Waals surface area contributed by atoms with E-state index in [1.54, 1.807) is 4.90 Å². The summed E-state index contributed by atoms with van der Waals surface area (Å²) in [5.41, 5.74) is 5.78. The second kappa shape index (κ2) is 5.24. The molecule has 5 heteroatoms. The number of nitrogens with two attached hydrogens (primary N) is 1. The molecule has 2 rings (SSSR count). The van der Waals surface area contributed by atoms with Crippen LogP contribution in [0.4, 0.5) is 4.39 Å². The van der Waals surface area contributed by atoms with Crippen LogP contribution >= 0.6 is 11.6 Å². The first-order valence-electron chi connectivity index (χ1n) is 5.99. The zero-order valence-corrected chi connectivity index (χ0v) is 11.0. The van der Waals surface area contributed by atoms with Gasteiger partial charge in [0, 0.05) is 19.1 Å². The van der Waals surface area contributed by atoms with Crippen molar-refractivity contribution in [2.75, 3.05) is 13.1 Å². The average Bonchev–Trinajstić information content (AvgIpc) is 2.77. The molecule has 2 atom stereocenters. The van der Waals surface area contributed by atoms with Gasteiger partial charge in [-0.25, -0.2) is 4.39 Å². The molecule has 1 aromatic carbocycles. The van der Waals surface area contributed by atoms with Gasteiger partial charge in [0.25, 0.3) is 5.91 Å². The summed E-state index contributed by atoms with van der Waals surface area (Å²) in [6.07, 6.45) is 0.857. The van der Waals surface area contributed by atoms with Crippen molar-refractivity contribution in [3.8, 4) is 0 Å². The third-order valence-corrected chi connectivity index (χ3v) is 3.75. The molecular weight excluding hydrogens is 255 g/mol. The number of carbonyl (C=O) groups excluding carboxylic acids is 1. The van der Waals surface area contributed by atoms with E-state index in [1.165, 1.54) is 18.2 Å². The summed E-state index contributed by atoms with van der Waals surface area (Å²) in [5, 5.41) is 0.157. The molecule has 98 valence electrons. The molecule has 0 saturated carbocycles. The van der Waals surface area contributed by atoms with E-state index in [2.05, 4.69) is 0 Å². The maximum atomic E-state index is 13.7. The Hall–Kier alpha value is -1.13. The summed E-state index contributed by atoms with van der Waals surface area (Å²) in [4.78, 5) is 13.8. The van der Waals surface area contributed by atoms with Crippen LogP contribution in [0.15, 0.2) is 18.2 Å². The predicted octanol–water partition coefficient (Wildman–Crippen LogP) is 2.29. The fraction of sp³-hybridized carbons (Fsp3) is 0.462. The number of benzene rings is 1. The van der Waals surface area contributed by atoms with E-state index in [1.807, 2.05) is 6.92 Å². The zero-order chi connectivity index (χ0) is 13.3. The molecule has 18 heavy (non-hydrogen) atoms. The minimum Gasteiger partial charge on any atom is -0.338 e. The van der Waals surface area contributed by atoms with Crippen LogP contribution in [0.1, 0.15) is 23.7 Å². The predicted molar refractivity (Wildman–Crippen MR) is 69.1 cm³/mol. The smallest absolute Gasteiger partial charge is 0.258 e. The number of amides is 1. The van der Waals surface area contributed by atoms with Crippen molar-refractivity contribution in [3.63, 3.8) is 0 Å². The van der Waals surface area contributed by atoms with Gasteiger partial charge in [0.15, 0.2) is 0 Å².